The standard InChI is InChI=1S/C33H40F4N2OS/c1-41-25-8-6-7-22(18-25)32-13-12-21(17-23(32)20-32)29-26(9-2-3-14-39-15-4-5-16-39)30(29)31(40)38-24-10-11-28(34)27(19-24)33(35,36)37/h6-8,10-11,18-19,21,23,26,29-30H,2-5,9,12-17,20H2,1H3,(H,38,40)/t21?,23?,26-,29?,30?,32+/m0/s1. The molecule has 8 heteroatoms. The van der Waals surface area contributed by atoms with Crippen molar-refractivity contribution < 1.29 is 22.4 Å². The number of unbranched alkanes of at least 4 members (excludes halogenated alkanes) is 1. The Morgan fingerprint density at radius 2 is 1.93 bits per heavy atom. The largest absolute Gasteiger partial charge is 0.419 e. The smallest absolute Gasteiger partial charge is 0.326 e. The van der Waals surface area contributed by atoms with Crippen LogP contribution in [0.1, 0.15) is 68.9 Å². The first kappa shape index (κ1) is 29.0. The first-order chi connectivity index (χ1) is 19.7. The van der Waals surface area contributed by atoms with Crippen LogP contribution >= 0.6 is 11.8 Å². The van der Waals surface area contributed by atoms with Crippen LogP contribution in [-0.4, -0.2) is 36.7 Å². The molecule has 4 unspecified atom stereocenters. The summed E-state index contributed by atoms with van der Waals surface area (Å²) in [6.45, 7) is 3.46. The molecule has 4 fully saturated rings. The highest BCUT2D eigenvalue weighted by molar-refractivity contribution is 7.98. The van der Waals surface area contributed by atoms with Gasteiger partial charge in [0, 0.05) is 16.5 Å². The number of carbonyl (C=O) groups excluding carboxylic acids is 1. The third kappa shape index (κ3) is 6.06. The maximum Gasteiger partial charge on any atom is 0.419 e. The number of benzene rings is 2. The van der Waals surface area contributed by atoms with Crippen molar-refractivity contribution in [2.75, 3.05) is 31.2 Å². The fourth-order valence-electron chi connectivity index (χ4n) is 8.25. The molecule has 1 aliphatic heterocycles. The van der Waals surface area contributed by atoms with E-state index in [2.05, 4.69) is 40.7 Å². The Hall–Kier alpha value is -2.06. The second-order valence-electron chi connectivity index (χ2n) is 12.8. The Labute approximate surface area is 244 Å². The molecule has 6 rings (SSSR count). The van der Waals surface area contributed by atoms with Crippen molar-refractivity contribution in [3.05, 3.63) is 59.4 Å². The Morgan fingerprint density at radius 3 is 2.66 bits per heavy atom. The zero-order valence-corrected chi connectivity index (χ0v) is 24.5. The molecular weight excluding hydrogens is 548 g/mol. The molecule has 1 N–H and O–H groups in total. The molecule has 4 aliphatic rings. The number of nitrogens with one attached hydrogen (secondary N) is 1. The molecule has 3 aliphatic carbocycles. The van der Waals surface area contributed by atoms with E-state index in [1.165, 1.54) is 48.9 Å². The second kappa shape index (κ2) is 11.6. The van der Waals surface area contributed by atoms with E-state index in [0.29, 0.717) is 11.8 Å². The first-order valence-electron chi connectivity index (χ1n) is 15.2. The van der Waals surface area contributed by atoms with Crippen molar-refractivity contribution in [3.8, 4) is 0 Å². The van der Waals surface area contributed by atoms with Gasteiger partial charge < -0.3 is 10.2 Å². The summed E-state index contributed by atoms with van der Waals surface area (Å²) in [6.07, 6.45) is 7.58. The summed E-state index contributed by atoms with van der Waals surface area (Å²) in [7, 11) is 0. The zero-order valence-electron chi connectivity index (χ0n) is 23.7. The molecule has 41 heavy (non-hydrogen) atoms. The maximum absolute atomic E-state index is 13.8. The van der Waals surface area contributed by atoms with Crippen molar-refractivity contribution in [2.24, 2.45) is 29.6 Å². The number of hydrogen-bond acceptors (Lipinski definition) is 3. The number of hydrogen-bond donors (Lipinski definition) is 1. The molecule has 0 spiro atoms. The topological polar surface area (TPSA) is 32.3 Å². The van der Waals surface area contributed by atoms with Gasteiger partial charge in [-0.3, -0.25) is 4.79 Å². The van der Waals surface area contributed by atoms with Crippen LogP contribution in [0.15, 0.2) is 47.4 Å². The number of carbonyl (C=O) groups is 1. The van der Waals surface area contributed by atoms with Crippen LogP contribution in [0, 0.1) is 35.4 Å². The fraction of sp³-hybridized carbons (Fsp3) is 0.606. The van der Waals surface area contributed by atoms with E-state index >= 15 is 0 Å². The number of nitrogens with zero attached hydrogens (tertiary/aromatic N) is 1. The van der Waals surface area contributed by atoms with E-state index in [1.807, 2.05) is 0 Å². The molecule has 0 aromatic heterocycles. The summed E-state index contributed by atoms with van der Waals surface area (Å²) in [4.78, 5) is 17.3. The summed E-state index contributed by atoms with van der Waals surface area (Å²) in [5.74, 6) is -0.0547. The normalized spacial score (nSPS) is 31.1. The summed E-state index contributed by atoms with van der Waals surface area (Å²) in [6, 6.07) is 11.7. The molecule has 2 aromatic rings. The van der Waals surface area contributed by atoms with E-state index in [4.69, 9.17) is 0 Å². The predicted molar refractivity (Wildman–Crippen MR) is 155 cm³/mol. The van der Waals surface area contributed by atoms with Crippen molar-refractivity contribution in [3.63, 3.8) is 0 Å². The van der Waals surface area contributed by atoms with Crippen LogP contribution in [0.4, 0.5) is 23.2 Å². The lowest BCUT2D eigenvalue weighted by Gasteiger charge is -2.29. The average Bonchev–Trinajstić information content (AvgIpc) is 3.81. The van der Waals surface area contributed by atoms with Crippen LogP contribution in [0.25, 0.3) is 0 Å². The Morgan fingerprint density at radius 1 is 1.12 bits per heavy atom. The van der Waals surface area contributed by atoms with Gasteiger partial charge in [0.1, 0.15) is 5.82 Å². The average molecular weight is 589 g/mol. The lowest BCUT2D eigenvalue weighted by atomic mass is 9.75. The molecular formula is C33H40F4N2OS. The van der Waals surface area contributed by atoms with Gasteiger partial charge in [-0.15, -0.1) is 11.8 Å². The lowest BCUT2D eigenvalue weighted by molar-refractivity contribution is -0.140. The van der Waals surface area contributed by atoms with Crippen molar-refractivity contribution >= 4 is 23.4 Å². The highest BCUT2D eigenvalue weighted by Gasteiger charge is 2.63. The highest BCUT2D eigenvalue weighted by atomic mass is 32.2. The van der Waals surface area contributed by atoms with Gasteiger partial charge in [-0.25, -0.2) is 4.39 Å². The molecule has 222 valence electrons. The summed E-state index contributed by atoms with van der Waals surface area (Å²) >= 11 is 1.77. The van der Waals surface area contributed by atoms with E-state index in [0.717, 1.165) is 57.2 Å². The van der Waals surface area contributed by atoms with Crippen LogP contribution < -0.4 is 5.32 Å². The number of likely N-dealkylation sites (tertiary alicyclic amines) is 1. The first-order valence-corrected chi connectivity index (χ1v) is 16.5. The zero-order chi connectivity index (χ0) is 28.8. The van der Waals surface area contributed by atoms with E-state index in [1.54, 1.807) is 11.8 Å². The van der Waals surface area contributed by atoms with Gasteiger partial charge in [0.15, 0.2) is 0 Å². The van der Waals surface area contributed by atoms with Gasteiger partial charge in [0.2, 0.25) is 5.91 Å². The van der Waals surface area contributed by atoms with E-state index < -0.39 is 17.6 Å². The van der Waals surface area contributed by atoms with Gasteiger partial charge in [-0.2, -0.15) is 13.2 Å². The summed E-state index contributed by atoms with van der Waals surface area (Å²) in [5.41, 5.74) is 0.403. The monoisotopic (exact) mass is 588 g/mol. The molecule has 3 saturated carbocycles. The number of halogens is 4. The Balaban J connectivity index is 1.12. The van der Waals surface area contributed by atoms with Crippen molar-refractivity contribution in [2.45, 2.75) is 74.3 Å². The Bertz CT molecular complexity index is 1260. The third-order valence-corrected chi connectivity index (χ3v) is 11.2. The maximum atomic E-state index is 13.8. The highest BCUT2D eigenvalue weighted by Crippen LogP contribution is 2.68. The van der Waals surface area contributed by atoms with Gasteiger partial charge in [0.25, 0.3) is 0 Å². The number of fused-ring (bicyclic) bond motifs is 1. The van der Waals surface area contributed by atoms with Crippen LogP contribution in [-0.2, 0) is 16.4 Å². The Kier molecular flexibility index (Phi) is 8.18. The molecule has 1 amide bonds. The minimum absolute atomic E-state index is 0.0145. The summed E-state index contributed by atoms with van der Waals surface area (Å²) in [5, 5.41) is 2.73. The number of anilines is 1. The van der Waals surface area contributed by atoms with Gasteiger partial charge >= 0.3 is 6.18 Å². The number of rotatable bonds is 10. The van der Waals surface area contributed by atoms with E-state index in [9.17, 15) is 22.4 Å². The van der Waals surface area contributed by atoms with Crippen LogP contribution in [0.5, 0.6) is 0 Å². The fourth-order valence-corrected chi connectivity index (χ4v) is 8.71. The minimum Gasteiger partial charge on any atom is -0.326 e. The lowest BCUT2D eigenvalue weighted by Crippen LogP contribution is -2.23. The molecule has 1 heterocycles. The summed E-state index contributed by atoms with van der Waals surface area (Å²) < 4.78 is 53.6. The number of alkyl halides is 3. The van der Waals surface area contributed by atoms with Crippen molar-refractivity contribution in [1.29, 1.82) is 0 Å². The third-order valence-electron chi connectivity index (χ3n) is 10.5. The minimum atomic E-state index is -4.81. The van der Waals surface area contributed by atoms with Crippen LogP contribution in [0.2, 0.25) is 0 Å². The quantitative estimate of drug-likeness (QED) is 0.172. The second-order valence-corrected chi connectivity index (χ2v) is 13.7. The van der Waals surface area contributed by atoms with Gasteiger partial charge in [0.05, 0.1) is 5.56 Å². The van der Waals surface area contributed by atoms with Crippen molar-refractivity contribution in [1.82, 2.24) is 4.90 Å². The SMILES string of the molecule is CSc1cccc([C@]23CCC(C4C(C(=O)Nc5ccc(F)c(C(F)(F)F)c5)[C@H]4CCCCN4CCCC4)CC2C3)c1. The van der Waals surface area contributed by atoms with Gasteiger partial charge in [-0.1, -0.05) is 18.6 Å². The number of amides is 1. The molecule has 6 atom stereocenters. The molecule has 1 saturated heterocycles. The van der Waals surface area contributed by atoms with Gasteiger partial charge in [-0.05, 0) is 142 Å². The van der Waals surface area contributed by atoms with Crippen LogP contribution in [0.3, 0.4) is 0 Å². The van der Waals surface area contributed by atoms with E-state index in [-0.39, 0.29) is 34.8 Å². The molecule has 0 bridgehead atoms. The predicted octanol–water partition coefficient (Wildman–Crippen LogP) is 8.39. The molecule has 2 aromatic carbocycles. The molecule has 3 nitrogen and oxygen atoms in total. The molecule has 0 radical (unpaired) electrons. The number of thioether (sulfide) groups is 1.